The number of carbonyl (C=O) groups excluding carboxylic acids is 1. The Morgan fingerprint density at radius 2 is 1.47 bits per heavy atom. The Morgan fingerprint density at radius 3 is 1.97 bits per heavy atom. The predicted molar refractivity (Wildman–Crippen MR) is 132 cm³/mol. The highest BCUT2D eigenvalue weighted by molar-refractivity contribution is 8.05. The summed E-state index contributed by atoms with van der Waals surface area (Å²) in [5.74, 6) is -0.594. The summed E-state index contributed by atoms with van der Waals surface area (Å²) in [5, 5.41) is 5.08. The maximum Gasteiger partial charge on any atom is 0.231 e. The van der Waals surface area contributed by atoms with E-state index >= 15 is 0 Å². The molecule has 0 fully saturated rings. The van der Waals surface area contributed by atoms with Gasteiger partial charge in [-0.15, -0.1) is 0 Å². The maximum absolute atomic E-state index is 13.3. The molecule has 3 nitrogen and oxygen atoms in total. The summed E-state index contributed by atoms with van der Waals surface area (Å²) in [4.78, 5) is 13.3. The normalized spacial score (nSPS) is 11.9. The Labute approximate surface area is 193 Å². The van der Waals surface area contributed by atoms with Crippen molar-refractivity contribution in [3.63, 3.8) is 0 Å². The predicted octanol–water partition coefficient (Wildman–Crippen LogP) is 6.26. The third-order valence-corrected chi connectivity index (χ3v) is 6.09. The van der Waals surface area contributed by atoms with Crippen molar-refractivity contribution in [3.05, 3.63) is 124 Å². The first-order valence-electron chi connectivity index (χ1n) is 10.3. The summed E-state index contributed by atoms with van der Waals surface area (Å²) in [6.45, 7) is 7.84. The van der Waals surface area contributed by atoms with Gasteiger partial charge in [-0.05, 0) is 41.0 Å². The molecule has 0 aromatic heterocycles. The Morgan fingerprint density at radius 1 is 0.969 bits per heavy atom. The summed E-state index contributed by atoms with van der Waals surface area (Å²) in [6.07, 6.45) is 0. The molecule has 0 unspecified atom stereocenters. The lowest BCUT2D eigenvalue weighted by Gasteiger charge is -2.34. The van der Waals surface area contributed by atoms with E-state index in [1.165, 1.54) is 23.9 Å². The molecular weight excluding hydrogens is 419 g/mol. The van der Waals surface area contributed by atoms with Crippen molar-refractivity contribution in [2.45, 2.75) is 19.8 Å². The molecule has 0 spiro atoms. The van der Waals surface area contributed by atoms with Crippen molar-refractivity contribution in [2.75, 3.05) is 0 Å². The van der Waals surface area contributed by atoms with Gasteiger partial charge in [-0.25, -0.2) is 4.39 Å². The zero-order valence-corrected chi connectivity index (χ0v) is 19.0. The van der Waals surface area contributed by atoms with Gasteiger partial charge in [-0.2, -0.15) is 0 Å². The van der Waals surface area contributed by atoms with Crippen LogP contribution in [0.4, 0.5) is 4.39 Å². The van der Waals surface area contributed by atoms with Gasteiger partial charge in [0.15, 0.2) is 0 Å². The fourth-order valence-corrected chi connectivity index (χ4v) is 4.17. The number of benzene rings is 3. The van der Waals surface area contributed by atoms with E-state index in [-0.39, 0.29) is 17.6 Å². The molecule has 0 saturated heterocycles. The molecule has 0 atom stereocenters. The lowest BCUT2D eigenvalue weighted by Crippen LogP contribution is -2.40. The lowest BCUT2D eigenvalue weighted by atomic mass is 9.70. The summed E-state index contributed by atoms with van der Waals surface area (Å²) in [6, 6.07) is 26.0. The minimum absolute atomic E-state index is 0.137. The van der Waals surface area contributed by atoms with Gasteiger partial charge in [0.2, 0.25) is 5.91 Å². The maximum atomic E-state index is 13.3. The molecule has 3 N–H and O–H groups in total. The van der Waals surface area contributed by atoms with Crippen LogP contribution in [0.25, 0.3) is 5.70 Å². The van der Waals surface area contributed by atoms with E-state index in [2.05, 4.69) is 11.9 Å². The fraction of sp³-hybridized carbons (Fsp3) is 0.148. The highest BCUT2D eigenvalue weighted by atomic mass is 32.2. The van der Waals surface area contributed by atoms with Crippen molar-refractivity contribution in [3.8, 4) is 0 Å². The Balaban J connectivity index is 1.76. The minimum atomic E-state index is -0.752. The van der Waals surface area contributed by atoms with Crippen LogP contribution in [0.15, 0.2) is 102 Å². The molecule has 0 aliphatic carbocycles. The number of nitrogens with two attached hydrogens (primary N) is 1. The summed E-state index contributed by atoms with van der Waals surface area (Å²) < 4.78 is 13.1. The van der Waals surface area contributed by atoms with E-state index in [4.69, 9.17) is 5.73 Å². The molecule has 0 aliphatic heterocycles. The molecule has 1 amide bonds. The Bertz CT molecular complexity index is 1050. The zero-order chi connectivity index (χ0) is 23.1. The number of nitrogens with one attached hydrogen (secondary N) is 1. The third kappa shape index (κ3) is 5.68. The average Bonchev–Trinajstić information content (AvgIpc) is 2.79. The number of carbonyl (C=O) groups is 1. The highest BCUT2D eigenvalue weighted by Crippen LogP contribution is 2.41. The van der Waals surface area contributed by atoms with Crippen LogP contribution in [0.5, 0.6) is 0 Å². The molecule has 0 radical (unpaired) electrons. The van der Waals surface area contributed by atoms with Crippen LogP contribution >= 0.6 is 11.8 Å². The molecule has 5 heteroatoms. The monoisotopic (exact) mass is 446 g/mol. The van der Waals surface area contributed by atoms with Crippen molar-refractivity contribution in [1.29, 1.82) is 0 Å². The minimum Gasteiger partial charge on any atom is -0.398 e. The fourth-order valence-electron chi connectivity index (χ4n) is 3.61. The number of amides is 1. The van der Waals surface area contributed by atoms with Gasteiger partial charge in [-0.3, -0.25) is 4.79 Å². The smallest absolute Gasteiger partial charge is 0.231 e. The van der Waals surface area contributed by atoms with Crippen molar-refractivity contribution in [2.24, 2.45) is 11.1 Å². The molecule has 0 saturated carbocycles. The quantitative estimate of drug-likeness (QED) is 0.429. The van der Waals surface area contributed by atoms with E-state index in [1.54, 1.807) is 17.5 Å². The second kappa shape index (κ2) is 10.3. The summed E-state index contributed by atoms with van der Waals surface area (Å²) in [5.41, 5.74) is 8.63. The van der Waals surface area contributed by atoms with Crippen LogP contribution in [0.1, 0.15) is 36.5 Å². The SMILES string of the molecule is C=C(NC(=O)C(C)(C)C(c1ccccc1)c1ccccc1)S/C=C(\N)c1ccc(F)cc1. The summed E-state index contributed by atoms with van der Waals surface area (Å²) >= 11 is 1.22. The van der Waals surface area contributed by atoms with Gasteiger partial charge < -0.3 is 11.1 Å². The van der Waals surface area contributed by atoms with Gasteiger partial charge in [0.25, 0.3) is 0 Å². The van der Waals surface area contributed by atoms with Crippen LogP contribution in [0.2, 0.25) is 0 Å². The average molecular weight is 447 g/mol. The highest BCUT2D eigenvalue weighted by Gasteiger charge is 2.38. The molecule has 3 aromatic carbocycles. The van der Waals surface area contributed by atoms with Crippen molar-refractivity contribution < 1.29 is 9.18 Å². The standard InChI is InChI=1S/C27H27FN2OS/c1-19(32-18-24(29)20-14-16-23(28)17-15-20)30-26(31)27(2,3)25(21-10-6-4-7-11-21)22-12-8-5-9-13-22/h4-18,25H,1,29H2,2-3H3,(H,30,31)/b24-18-. The first kappa shape index (κ1) is 23.4. The van der Waals surface area contributed by atoms with Gasteiger partial charge >= 0.3 is 0 Å². The number of thioether (sulfide) groups is 1. The Hall–Kier alpha value is -3.31. The molecule has 3 rings (SSSR count). The largest absolute Gasteiger partial charge is 0.398 e. The first-order chi connectivity index (χ1) is 15.3. The van der Waals surface area contributed by atoms with Crippen LogP contribution in [0, 0.1) is 11.2 Å². The number of rotatable bonds is 8. The van der Waals surface area contributed by atoms with Gasteiger partial charge in [0.05, 0.1) is 10.4 Å². The molecule has 0 aliphatic rings. The van der Waals surface area contributed by atoms with E-state index in [0.717, 1.165) is 11.1 Å². The Kier molecular flexibility index (Phi) is 7.54. The molecule has 0 heterocycles. The van der Waals surface area contributed by atoms with Crippen LogP contribution < -0.4 is 11.1 Å². The van der Waals surface area contributed by atoms with Crippen molar-refractivity contribution >= 4 is 23.4 Å². The molecule has 0 bridgehead atoms. The zero-order valence-electron chi connectivity index (χ0n) is 18.2. The third-order valence-electron chi connectivity index (χ3n) is 5.33. The van der Waals surface area contributed by atoms with E-state index < -0.39 is 5.41 Å². The topological polar surface area (TPSA) is 55.1 Å². The summed E-state index contributed by atoms with van der Waals surface area (Å²) in [7, 11) is 0. The van der Waals surface area contributed by atoms with Crippen LogP contribution in [0.3, 0.4) is 0 Å². The number of hydrogen-bond acceptors (Lipinski definition) is 3. The first-order valence-corrected chi connectivity index (χ1v) is 11.2. The number of halogens is 1. The second-order valence-corrected chi connectivity index (χ2v) is 9.02. The molecular formula is C27H27FN2OS. The van der Waals surface area contributed by atoms with Crippen LogP contribution in [-0.2, 0) is 4.79 Å². The van der Waals surface area contributed by atoms with Gasteiger partial charge in [-0.1, -0.05) is 92.9 Å². The molecule has 3 aromatic rings. The van der Waals surface area contributed by atoms with Crippen molar-refractivity contribution in [1.82, 2.24) is 5.32 Å². The molecule has 164 valence electrons. The van der Waals surface area contributed by atoms with E-state index in [0.29, 0.717) is 16.3 Å². The van der Waals surface area contributed by atoms with Crippen LogP contribution in [-0.4, -0.2) is 5.91 Å². The van der Waals surface area contributed by atoms with E-state index in [1.807, 2.05) is 74.5 Å². The number of hydrogen-bond donors (Lipinski definition) is 2. The lowest BCUT2D eigenvalue weighted by molar-refractivity contribution is -0.129. The van der Waals surface area contributed by atoms with E-state index in [9.17, 15) is 9.18 Å². The van der Waals surface area contributed by atoms with Gasteiger partial charge in [0, 0.05) is 17.0 Å². The second-order valence-electron chi connectivity index (χ2n) is 8.05. The van der Waals surface area contributed by atoms with Gasteiger partial charge in [0.1, 0.15) is 5.82 Å². The molecule has 32 heavy (non-hydrogen) atoms.